The molecule has 0 aromatic carbocycles. The van der Waals surface area contributed by atoms with Crippen molar-refractivity contribution in [3.05, 3.63) is 16.1 Å². The number of hydrogen-bond donors (Lipinski definition) is 2. The summed E-state index contributed by atoms with van der Waals surface area (Å²) in [4.78, 5) is 16.2. The first-order valence-corrected chi connectivity index (χ1v) is 8.72. The van der Waals surface area contributed by atoms with Crippen LogP contribution in [0.2, 0.25) is 0 Å². The van der Waals surface area contributed by atoms with Gasteiger partial charge in [-0.15, -0.1) is 11.3 Å². The molecule has 1 saturated carbocycles. The highest BCUT2D eigenvalue weighted by atomic mass is 32.1. The molecule has 1 aromatic heterocycles. The van der Waals surface area contributed by atoms with Gasteiger partial charge in [0.1, 0.15) is 5.69 Å². The highest BCUT2D eigenvalue weighted by Gasteiger charge is 2.13. The Kier molecular flexibility index (Phi) is 7.12. The first-order valence-electron chi connectivity index (χ1n) is 7.84. The van der Waals surface area contributed by atoms with Gasteiger partial charge in [-0.05, 0) is 19.4 Å². The van der Waals surface area contributed by atoms with Crippen molar-refractivity contribution in [1.82, 2.24) is 10.3 Å². The SMILES string of the molecule is NCCc1nc(C(=O)NCCOC2CCCCCC2)cs1. The van der Waals surface area contributed by atoms with Crippen LogP contribution in [-0.2, 0) is 11.2 Å². The van der Waals surface area contributed by atoms with E-state index in [-0.39, 0.29) is 5.91 Å². The van der Waals surface area contributed by atoms with Gasteiger partial charge in [0.15, 0.2) is 0 Å². The number of aromatic nitrogens is 1. The van der Waals surface area contributed by atoms with E-state index in [9.17, 15) is 4.79 Å². The fourth-order valence-electron chi connectivity index (χ4n) is 2.54. The maximum absolute atomic E-state index is 11.9. The molecule has 2 rings (SSSR count). The molecule has 0 radical (unpaired) electrons. The van der Waals surface area contributed by atoms with E-state index in [2.05, 4.69) is 10.3 Å². The number of carbonyl (C=O) groups excluding carboxylic acids is 1. The Morgan fingerprint density at radius 2 is 2.14 bits per heavy atom. The average Bonchev–Trinajstić information content (AvgIpc) is 2.80. The van der Waals surface area contributed by atoms with Crippen LogP contribution in [0, 0.1) is 0 Å². The normalized spacial score (nSPS) is 16.6. The number of hydrogen-bond acceptors (Lipinski definition) is 5. The van der Waals surface area contributed by atoms with Gasteiger partial charge in [0.2, 0.25) is 0 Å². The lowest BCUT2D eigenvalue weighted by molar-refractivity contribution is 0.0441. The number of carbonyl (C=O) groups is 1. The zero-order valence-corrected chi connectivity index (χ0v) is 13.3. The van der Waals surface area contributed by atoms with Gasteiger partial charge >= 0.3 is 0 Å². The van der Waals surface area contributed by atoms with Crippen molar-refractivity contribution in [1.29, 1.82) is 0 Å². The van der Waals surface area contributed by atoms with Crippen molar-refractivity contribution in [3.8, 4) is 0 Å². The van der Waals surface area contributed by atoms with E-state index in [0.717, 1.165) is 24.3 Å². The second kappa shape index (κ2) is 9.12. The number of amides is 1. The van der Waals surface area contributed by atoms with Gasteiger partial charge in [-0.2, -0.15) is 0 Å². The maximum atomic E-state index is 11.9. The minimum absolute atomic E-state index is 0.126. The molecule has 6 heteroatoms. The Labute approximate surface area is 130 Å². The molecule has 0 unspecified atom stereocenters. The topological polar surface area (TPSA) is 77.2 Å². The van der Waals surface area contributed by atoms with Gasteiger partial charge in [-0.25, -0.2) is 4.98 Å². The predicted molar refractivity (Wildman–Crippen MR) is 84.6 cm³/mol. The lowest BCUT2D eigenvalue weighted by Crippen LogP contribution is -2.29. The third-order valence-corrected chi connectivity index (χ3v) is 4.59. The first kappa shape index (κ1) is 16.4. The molecule has 1 amide bonds. The average molecular weight is 311 g/mol. The number of nitrogens with two attached hydrogens (primary N) is 1. The van der Waals surface area contributed by atoms with E-state index in [1.807, 2.05) is 0 Å². The number of nitrogens with one attached hydrogen (secondary N) is 1. The summed E-state index contributed by atoms with van der Waals surface area (Å²) in [6, 6.07) is 0. The first-order chi connectivity index (χ1) is 10.3. The Morgan fingerprint density at radius 3 is 2.86 bits per heavy atom. The van der Waals surface area contributed by atoms with Crippen molar-refractivity contribution in [2.45, 2.75) is 51.0 Å². The van der Waals surface area contributed by atoms with Crippen LogP contribution in [0.5, 0.6) is 0 Å². The summed E-state index contributed by atoms with van der Waals surface area (Å²) in [5.74, 6) is -0.126. The molecule has 0 spiro atoms. The molecular weight excluding hydrogens is 286 g/mol. The molecule has 1 fully saturated rings. The second-order valence-corrected chi connectivity index (χ2v) is 6.35. The van der Waals surface area contributed by atoms with Gasteiger partial charge in [0.25, 0.3) is 5.91 Å². The highest BCUT2D eigenvalue weighted by Crippen LogP contribution is 2.19. The van der Waals surface area contributed by atoms with Crippen LogP contribution in [0.4, 0.5) is 0 Å². The molecule has 21 heavy (non-hydrogen) atoms. The van der Waals surface area contributed by atoms with E-state index in [1.54, 1.807) is 5.38 Å². The maximum Gasteiger partial charge on any atom is 0.270 e. The summed E-state index contributed by atoms with van der Waals surface area (Å²) < 4.78 is 5.84. The van der Waals surface area contributed by atoms with Crippen LogP contribution < -0.4 is 11.1 Å². The van der Waals surface area contributed by atoms with Crippen molar-refractivity contribution >= 4 is 17.2 Å². The molecule has 1 aromatic rings. The fraction of sp³-hybridized carbons (Fsp3) is 0.733. The fourth-order valence-corrected chi connectivity index (χ4v) is 3.34. The molecule has 5 nitrogen and oxygen atoms in total. The van der Waals surface area contributed by atoms with Crippen molar-refractivity contribution in [2.24, 2.45) is 5.73 Å². The van der Waals surface area contributed by atoms with Crippen molar-refractivity contribution in [2.75, 3.05) is 19.7 Å². The van der Waals surface area contributed by atoms with E-state index >= 15 is 0 Å². The molecule has 118 valence electrons. The molecule has 0 aliphatic heterocycles. The summed E-state index contributed by atoms with van der Waals surface area (Å²) in [6.07, 6.45) is 8.59. The molecule has 0 bridgehead atoms. The standard InChI is InChI=1S/C15H25N3O2S/c16-8-7-14-18-13(11-21-14)15(19)17-9-10-20-12-5-3-1-2-4-6-12/h11-12H,1-10,16H2,(H,17,19). The third-order valence-electron chi connectivity index (χ3n) is 3.69. The van der Waals surface area contributed by atoms with Crippen LogP contribution in [-0.4, -0.2) is 36.7 Å². The zero-order chi connectivity index (χ0) is 14.9. The lowest BCUT2D eigenvalue weighted by atomic mass is 10.1. The zero-order valence-electron chi connectivity index (χ0n) is 12.5. The second-order valence-electron chi connectivity index (χ2n) is 5.41. The Hall–Kier alpha value is -0.980. The number of thiazole rings is 1. The number of ether oxygens (including phenoxy) is 1. The van der Waals surface area contributed by atoms with Crippen molar-refractivity contribution in [3.63, 3.8) is 0 Å². The summed E-state index contributed by atoms with van der Waals surface area (Å²) in [7, 11) is 0. The van der Waals surface area contributed by atoms with Crippen LogP contribution in [0.15, 0.2) is 5.38 Å². The van der Waals surface area contributed by atoms with Gasteiger partial charge in [0, 0.05) is 18.3 Å². The monoisotopic (exact) mass is 311 g/mol. The van der Waals surface area contributed by atoms with Crippen LogP contribution in [0.25, 0.3) is 0 Å². The minimum atomic E-state index is -0.126. The largest absolute Gasteiger partial charge is 0.376 e. The van der Waals surface area contributed by atoms with Gasteiger partial charge < -0.3 is 15.8 Å². The molecule has 0 saturated heterocycles. The molecule has 1 heterocycles. The highest BCUT2D eigenvalue weighted by molar-refractivity contribution is 7.09. The van der Waals surface area contributed by atoms with Gasteiger partial charge in [-0.1, -0.05) is 25.7 Å². The summed E-state index contributed by atoms with van der Waals surface area (Å²) in [5.41, 5.74) is 5.96. The molecule has 0 atom stereocenters. The lowest BCUT2D eigenvalue weighted by Gasteiger charge is -2.15. The molecule has 1 aliphatic rings. The van der Waals surface area contributed by atoms with Crippen LogP contribution in [0.1, 0.15) is 54.0 Å². The van der Waals surface area contributed by atoms with Gasteiger partial charge in [-0.3, -0.25) is 4.79 Å². The van der Waals surface area contributed by atoms with Gasteiger partial charge in [0.05, 0.1) is 17.7 Å². The Bertz CT molecular complexity index is 428. The third kappa shape index (κ3) is 5.73. The summed E-state index contributed by atoms with van der Waals surface area (Å²) in [5, 5.41) is 5.56. The van der Waals surface area contributed by atoms with Crippen LogP contribution >= 0.6 is 11.3 Å². The van der Waals surface area contributed by atoms with Crippen LogP contribution in [0.3, 0.4) is 0 Å². The van der Waals surface area contributed by atoms with E-state index in [4.69, 9.17) is 10.5 Å². The van der Waals surface area contributed by atoms with Crippen molar-refractivity contribution < 1.29 is 9.53 Å². The molecule has 1 aliphatic carbocycles. The number of rotatable bonds is 7. The Morgan fingerprint density at radius 1 is 1.38 bits per heavy atom. The quantitative estimate of drug-likeness (QED) is 0.597. The molecular formula is C15H25N3O2S. The number of nitrogens with zero attached hydrogens (tertiary/aromatic N) is 1. The van der Waals surface area contributed by atoms with E-state index in [0.29, 0.717) is 31.5 Å². The van der Waals surface area contributed by atoms with E-state index in [1.165, 1.54) is 37.0 Å². The predicted octanol–water partition coefficient (Wildman–Crippen LogP) is 2.11. The summed E-state index contributed by atoms with van der Waals surface area (Å²) >= 11 is 1.48. The molecule has 3 N–H and O–H groups in total. The smallest absolute Gasteiger partial charge is 0.270 e. The van der Waals surface area contributed by atoms with E-state index < -0.39 is 0 Å². The minimum Gasteiger partial charge on any atom is -0.376 e. The Balaban J connectivity index is 1.64. The summed E-state index contributed by atoms with van der Waals surface area (Å²) in [6.45, 7) is 1.68.